The first-order valence-electron chi connectivity index (χ1n) is 7.70. The van der Waals surface area contributed by atoms with Crippen molar-refractivity contribution in [2.75, 3.05) is 0 Å². The molecule has 6 heteroatoms. The number of hydrogen-bond acceptors (Lipinski definition) is 5. The zero-order chi connectivity index (χ0) is 17.9. The fourth-order valence-electron chi connectivity index (χ4n) is 2.42. The summed E-state index contributed by atoms with van der Waals surface area (Å²) in [7, 11) is 0. The second kappa shape index (κ2) is 7.08. The molecule has 0 saturated heterocycles. The number of thiophene rings is 1. The number of halogens is 1. The minimum absolute atomic E-state index is 0.294. The molecule has 0 fully saturated rings. The molecule has 4 aromatic rings. The fraction of sp³-hybridized carbons (Fsp3) is 0. The fourth-order valence-corrected chi connectivity index (χ4v) is 3.97. The van der Waals surface area contributed by atoms with Gasteiger partial charge in [-0.25, -0.2) is 9.37 Å². The van der Waals surface area contributed by atoms with Crippen molar-refractivity contribution in [1.29, 1.82) is 5.26 Å². The molecule has 0 saturated carbocycles. The summed E-state index contributed by atoms with van der Waals surface area (Å²) in [5, 5.41) is 14.1. The van der Waals surface area contributed by atoms with Crippen LogP contribution in [0.15, 0.2) is 63.7 Å². The highest BCUT2D eigenvalue weighted by molar-refractivity contribution is 7.14. The van der Waals surface area contributed by atoms with E-state index in [1.54, 1.807) is 41.7 Å². The Bertz CT molecular complexity index is 1100. The Morgan fingerprint density at radius 3 is 2.69 bits per heavy atom. The van der Waals surface area contributed by atoms with Crippen LogP contribution in [-0.2, 0) is 0 Å². The highest BCUT2D eigenvalue weighted by atomic mass is 32.1. The predicted molar refractivity (Wildman–Crippen MR) is 103 cm³/mol. The van der Waals surface area contributed by atoms with E-state index in [0.717, 1.165) is 16.1 Å². The number of furan rings is 1. The summed E-state index contributed by atoms with van der Waals surface area (Å²) in [6, 6.07) is 15.8. The van der Waals surface area contributed by atoms with E-state index in [9.17, 15) is 9.65 Å². The number of allylic oxidation sites excluding steroid dienone is 1. The quantitative estimate of drug-likeness (QED) is 0.390. The maximum Gasteiger partial charge on any atom is 0.134 e. The van der Waals surface area contributed by atoms with Crippen LogP contribution >= 0.6 is 22.7 Å². The van der Waals surface area contributed by atoms with E-state index in [4.69, 9.17) is 4.42 Å². The molecule has 126 valence electrons. The average Bonchev–Trinajstić information content (AvgIpc) is 3.40. The molecular weight excluding hydrogens is 367 g/mol. The van der Waals surface area contributed by atoms with E-state index < -0.39 is 0 Å². The Morgan fingerprint density at radius 2 is 1.96 bits per heavy atom. The van der Waals surface area contributed by atoms with E-state index in [1.807, 2.05) is 22.9 Å². The lowest BCUT2D eigenvalue weighted by molar-refractivity contribution is 0.571. The lowest BCUT2D eigenvalue weighted by atomic mass is 10.2. The molecule has 0 bridgehead atoms. The van der Waals surface area contributed by atoms with E-state index in [-0.39, 0.29) is 5.82 Å². The number of aromatic nitrogens is 1. The molecule has 0 atom stereocenters. The van der Waals surface area contributed by atoms with Crippen molar-refractivity contribution in [2.45, 2.75) is 0 Å². The molecule has 26 heavy (non-hydrogen) atoms. The van der Waals surface area contributed by atoms with Gasteiger partial charge in [0.2, 0.25) is 0 Å². The van der Waals surface area contributed by atoms with Crippen LogP contribution in [0.5, 0.6) is 0 Å². The van der Waals surface area contributed by atoms with Crippen LogP contribution in [0.25, 0.3) is 33.5 Å². The lowest BCUT2D eigenvalue weighted by Crippen LogP contribution is -1.80. The molecule has 0 spiro atoms. The van der Waals surface area contributed by atoms with Gasteiger partial charge in [0.15, 0.2) is 0 Å². The molecule has 1 aromatic carbocycles. The van der Waals surface area contributed by atoms with Crippen molar-refractivity contribution in [1.82, 2.24) is 4.98 Å². The number of thiazole rings is 1. The number of rotatable bonds is 4. The number of nitrogens with zero attached hydrogens (tertiary/aromatic N) is 2. The molecule has 0 radical (unpaired) electrons. The summed E-state index contributed by atoms with van der Waals surface area (Å²) in [6.07, 6.45) is 1.67. The topological polar surface area (TPSA) is 49.8 Å². The molecule has 0 N–H and O–H groups in total. The van der Waals surface area contributed by atoms with Gasteiger partial charge < -0.3 is 4.42 Å². The molecule has 0 aliphatic carbocycles. The Kier molecular flexibility index (Phi) is 4.48. The Balaban J connectivity index is 1.62. The molecule has 0 amide bonds. The average molecular weight is 378 g/mol. The van der Waals surface area contributed by atoms with E-state index >= 15 is 0 Å². The monoisotopic (exact) mass is 378 g/mol. The van der Waals surface area contributed by atoms with Gasteiger partial charge in [-0.15, -0.1) is 22.7 Å². The molecule has 3 nitrogen and oxygen atoms in total. The van der Waals surface area contributed by atoms with Crippen LogP contribution in [0.2, 0.25) is 0 Å². The van der Waals surface area contributed by atoms with Crippen molar-refractivity contribution in [2.24, 2.45) is 0 Å². The second-order valence-electron chi connectivity index (χ2n) is 5.39. The van der Waals surface area contributed by atoms with Gasteiger partial charge in [0.1, 0.15) is 28.4 Å². The summed E-state index contributed by atoms with van der Waals surface area (Å²) in [4.78, 5) is 5.62. The van der Waals surface area contributed by atoms with Crippen molar-refractivity contribution in [3.05, 3.63) is 75.9 Å². The predicted octanol–water partition coefficient (Wildman–Crippen LogP) is 6.33. The van der Waals surface area contributed by atoms with Crippen LogP contribution in [0, 0.1) is 17.1 Å². The summed E-state index contributed by atoms with van der Waals surface area (Å²) in [5.41, 5.74) is 2.09. The standard InChI is InChI=1S/C20H11FN2OS2/c21-15-5-3-13(4-6-15)18-8-7-16(24-18)10-14(11-22)20-23-17(12-26-20)19-2-1-9-25-19/h1-10,12H/b14-10+. The highest BCUT2D eigenvalue weighted by Crippen LogP contribution is 2.30. The van der Waals surface area contributed by atoms with Gasteiger partial charge in [0.05, 0.1) is 16.1 Å². The largest absolute Gasteiger partial charge is 0.457 e. The maximum absolute atomic E-state index is 13.0. The van der Waals surface area contributed by atoms with Gasteiger partial charge in [-0.3, -0.25) is 0 Å². The summed E-state index contributed by atoms with van der Waals surface area (Å²) in [6.45, 7) is 0. The minimum Gasteiger partial charge on any atom is -0.457 e. The summed E-state index contributed by atoms with van der Waals surface area (Å²) in [5.74, 6) is 0.873. The number of benzene rings is 1. The minimum atomic E-state index is -0.294. The second-order valence-corrected chi connectivity index (χ2v) is 7.20. The van der Waals surface area contributed by atoms with Gasteiger partial charge >= 0.3 is 0 Å². The molecule has 3 heterocycles. The SMILES string of the molecule is N#C/C(=C\c1ccc(-c2ccc(F)cc2)o1)c1nc(-c2cccs2)cs1. The zero-order valence-electron chi connectivity index (χ0n) is 13.3. The van der Waals surface area contributed by atoms with Gasteiger partial charge in [0.25, 0.3) is 0 Å². The van der Waals surface area contributed by atoms with Crippen LogP contribution in [-0.4, -0.2) is 4.98 Å². The van der Waals surface area contributed by atoms with Gasteiger partial charge in [0, 0.05) is 17.0 Å². The van der Waals surface area contributed by atoms with Crippen molar-refractivity contribution < 1.29 is 8.81 Å². The molecule has 0 aliphatic rings. The van der Waals surface area contributed by atoms with E-state index in [0.29, 0.717) is 22.1 Å². The third-order valence-corrected chi connectivity index (χ3v) is 5.44. The molecule has 4 rings (SSSR count). The van der Waals surface area contributed by atoms with Crippen molar-refractivity contribution >= 4 is 34.3 Å². The van der Waals surface area contributed by atoms with Gasteiger partial charge in [-0.05, 0) is 47.8 Å². The number of hydrogen-bond donors (Lipinski definition) is 0. The zero-order valence-corrected chi connectivity index (χ0v) is 15.0. The lowest BCUT2D eigenvalue weighted by Gasteiger charge is -1.96. The summed E-state index contributed by atoms with van der Waals surface area (Å²) >= 11 is 3.04. The van der Waals surface area contributed by atoms with Gasteiger partial charge in [-0.1, -0.05) is 6.07 Å². The third kappa shape index (κ3) is 3.36. The Labute approximate surface area is 157 Å². The summed E-state index contributed by atoms with van der Waals surface area (Å²) < 4.78 is 18.8. The van der Waals surface area contributed by atoms with Crippen LogP contribution in [0.4, 0.5) is 4.39 Å². The smallest absolute Gasteiger partial charge is 0.134 e. The maximum atomic E-state index is 13.0. The molecule has 3 aromatic heterocycles. The number of nitriles is 1. The van der Waals surface area contributed by atoms with Crippen LogP contribution in [0.3, 0.4) is 0 Å². The van der Waals surface area contributed by atoms with Crippen LogP contribution in [0.1, 0.15) is 10.8 Å². The molecular formula is C20H11FN2OS2. The third-order valence-electron chi connectivity index (χ3n) is 3.67. The first kappa shape index (κ1) is 16.5. The first-order chi connectivity index (χ1) is 12.7. The van der Waals surface area contributed by atoms with Gasteiger partial charge in [-0.2, -0.15) is 5.26 Å². The first-order valence-corrected chi connectivity index (χ1v) is 9.46. The van der Waals surface area contributed by atoms with Crippen molar-refractivity contribution in [3.63, 3.8) is 0 Å². The van der Waals surface area contributed by atoms with E-state index in [2.05, 4.69) is 11.1 Å². The van der Waals surface area contributed by atoms with E-state index in [1.165, 1.54) is 23.5 Å². The Hall–Kier alpha value is -3.01. The molecule has 0 aliphatic heterocycles. The van der Waals surface area contributed by atoms with Crippen molar-refractivity contribution in [3.8, 4) is 28.0 Å². The Morgan fingerprint density at radius 1 is 1.12 bits per heavy atom. The molecule has 0 unspecified atom stereocenters. The van der Waals surface area contributed by atoms with Crippen LogP contribution < -0.4 is 0 Å². The normalized spacial score (nSPS) is 11.5. The highest BCUT2D eigenvalue weighted by Gasteiger charge is 2.11.